The maximum atomic E-state index is 14.4. The zero-order valence-electron chi connectivity index (χ0n) is 17.2. The van der Waals surface area contributed by atoms with Crippen LogP contribution in [-0.2, 0) is 4.79 Å². The molecule has 4 N–H and O–H groups in total. The van der Waals surface area contributed by atoms with Crippen LogP contribution in [-0.4, -0.2) is 48.7 Å². The summed E-state index contributed by atoms with van der Waals surface area (Å²) in [7, 11) is 0. The largest absolute Gasteiger partial charge is 0.482 e. The molecular weight excluding hydrogens is 413 g/mol. The summed E-state index contributed by atoms with van der Waals surface area (Å²) >= 11 is 0. The van der Waals surface area contributed by atoms with Gasteiger partial charge in [-0.05, 0) is 36.4 Å². The summed E-state index contributed by atoms with van der Waals surface area (Å²) < 4.78 is 19.7. The number of carbonyl (C=O) groups excluding carboxylic acids is 1. The van der Waals surface area contributed by atoms with Crippen molar-refractivity contribution in [3.05, 3.63) is 54.5 Å². The molecule has 1 saturated heterocycles. The Kier molecular flexibility index (Phi) is 5.42. The normalized spacial score (nSPS) is 15.4. The number of halogens is 1. The highest BCUT2D eigenvalue weighted by Crippen LogP contribution is 2.32. The molecule has 0 saturated carbocycles. The predicted molar refractivity (Wildman–Crippen MR) is 121 cm³/mol. The highest BCUT2D eigenvalue weighted by Gasteiger charge is 2.17. The van der Waals surface area contributed by atoms with Crippen molar-refractivity contribution in [1.29, 1.82) is 0 Å². The molecular formula is C22H22FN7O2. The average molecular weight is 435 g/mol. The fraction of sp³-hybridized carbons (Fsp3) is 0.227. The van der Waals surface area contributed by atoms with Crippen LogP contribution >= 0.6 is 0 Å². The van der Waals surface area contributed by atoms with Crippen LogP contribution in [0.15, 0.2) is 48.7 Å². The number of rotatable bonds is 5. The summed E-state index contributed by atoms with van der Waals surface area (Å²) in [6.07, 6.45) is 1.11. The van der Waals surface area contributed by atoms with E-state index in [1.165, 1.54) is 0 Å². The number of nitrogens with zero attached hydrogens (tertiary/aromatic N) is 3. The first kappa shape index (κ1) is 20.0. The summed E-state index contributed by atoms with van der Waals surface area (Å²) in [6.45, 7) is 3.76. The number of ether oxygens (including phenoxy) is 1. The van der Waals surface area contributed by atoms with Crippen LogP contribution in [0.3, 0.4) is 0 Å². The minimum absolute atomic E-state index is 0.0174. The molecule has 2 aliphatic heterocycles. The third-order valence-corrected chi connectivity index (χ3v) is 5.20. The molecule has 2 aliphatic rings. The molecule has 5 rings (SSSR count). The van der Waals surface area contributed by atoms with E-state index in [-0.39, 0.29) is 24.3 Å². The fourth-order valence-corrected chi connectivity index (χ4v) is 3.65. The molecule has 3 heterocycles. The van der Waals surface area contributed by atoms with E-state index >= 15 is 0 Å². The zero-order chi connectivity index (χ0) is 21.9. The molecule has 10 heteroatoms. The second kappa shape index (κ2) is 8.67. The Labute approximate surface area is 184 Å². The maximum absolute atomic E-state index is 14.4. The lowest BCUT2D eigenvalue weighted by Crippen LogP contribution is -2.43. The van der Waals surface area contributed by atoms with Crippen LogP contribution in [0.25, 0.3) is 0 Å². The summed E-state index contributed by atoms with van der Waals surface area (Å²) in [6, 6.07) is 13.1. The molecule has 1 fully saturated rings. The Morgan fingerprint density at radius 2 is 1.91 bits per heavy atom. The van der Waals surface area contributed by atoms with Gasteiger partial charge in [0, 0.05) is 43.2 Å². The van der Waals surface area contributed by atoms with Crippen LogP contribution < -0.4 is 30.9 Å². The number of anilines is 6. The van der Waals surface area contributed by atoms with Gasteiger partial charge in [0.05, 0.1) is 11.9 Å². The van der Waals surface area contributed by atoms with E-state index in [1.807, 2.05) is 18.2 Å². The van der Waals surface area contributed by atoms with Gasteiger partial charge in [0.15, 0.2) is 18.2 Å². The van der Waals surface area contributed by atoms with Crippen LogP contribution in [0.1, 0.15) is 0 Å². The van der Waals surface area contributed by atoms with E-state index in [1.54, 1.807) is 18.2 Å². The van der Waals surface area contributed by atoms with E-state index < -0.39 is 5.82 Å². The molecule has 32 heavy (non-hydrogen) atoms. The predicted octanol–water partition coefficient (Wildman–Crippen LogP) is 2.84. The average Bonchev–Trinajstić information content (AvgIpc) is 2.82. The second-order valence-corrected chi connectivity index (χ2v) is 7.48. The first-order chi connectivity index (χ1) is 15.6. The number of fused-ring (bicyclic) bond motifs is 1. The monoisotopic (exact) mass is 435 g/mol. The Balaban J connectivity index is 1.33. The van der Waals surface area contributed by atoms with Gasteiger partial charge in [0.1, 0.15) is 5.75 Å². The number of benzene rings is 2. The van der Waals surface area contributed by atoms with Crippen LogP contribution in [0.5, 0.6) is 5.75 Å². The minimum Gasteiger partial charge on any atom is -0.482 e. The minimum atomic E-state index is -0.594. The Morgan fingerprint density at radius 3 is 2.78 bits per heavy atom. The second-order valence-electron chi connectivity index (χ2n) is 7.48. The van der Waals surface area contributed by atoms with Gasteiger partial charge in [-0.25, -0.2) is 9.37 Å². The summed E-state index contributed by atoms with van der Waals surface area (Å²) in [5.41, 5.74) is 2.99. The van der Waals surface area contributed by atoms with E-state index in [0.29, 0.717) is 17.1 Å². The van der Waals surface area contributed by atoms with Crippen LogP contribution in [0, 0.1) is 5.82 Å². The number of aromatic nitrogens is 2. The molecule has 0 atom stereocenters. The SMILES string of the molecule is O=C1COc2ccc(Nc3nc(Nc4cccc(N5CCNCC5)c4)ncc3F)cc2N1. The summed E-state index contributed by atoms with van der Waals surface area (Å²) in [4.78, 5) is 22.2. The lowest BCUT2D eigenvalue weighted by Gasteiger charge is -2.29. The zero-order valence-corrected chi connectivity index (χ0v) is 17.2. The van der Waals surface area contributed by atoms with Gasteiger partial charge in [0.2, 0.25) is 5.95 Å². The van der Waals surface area contributed by atoms with Crippen LogP contribution in [0.2, 0.25) is 0 Å². The van der Waals surface area contributed by atoms with Gasteiger partial charge in [-0.3, -0.25) is 4.79 Å². The van der Waals surface area contributed by atoms with Gasteiger partial charge in [-0.2, -0.15) is 4.98 Å². The van der Waals surface area contributed by atoms with Crippen molar-refractivity contribution in [1.82, 2.24) is 15.3 Å². The van der Waals surface area contributed by atoms with Crippen molar-refractivity contribution < 1.29 is 13.9 Å². The van der Waals surface area contributed by atoms with E-state index in [0.717, 1.165) is 43.8 Å². The highest BCUT2D eigenvalue weighted by molar-refractivity contribution is 5.96. The van der Waals surface area contributed by atoms with Gasteiger partial charge in [0.25, 0.3) is 5.91 Å². The van der Waals surface area contributed by atoms with Crippen molar-refractivity contribution in [2.24, 2.45) is 0 Å². The van der Waals surface area contributed by atoms with Gasteiger partial charge in [-0.15, -0.1) is 0 Å². The molecule has 1 aromatic heterocycles. The molecule has 0 bridgehead atoms. The van der Waals surface area contributed by atoms with Gasteiger partial charge in [-0.1, -0.05) is 6.07 Å². The summed E-state index contributed by atoms with van der Waals surface area (Å²) in [5.74, 6) is 0.00952. The number of nitrogens with one attached hydrogen (secondary N) is 4. The Morgan fingerprint density at radius 1 is 1.06 bits per heavy atom. The highest BCUT2D eigenvalue weighted by atomic mass is 19.1. The van der Waals surface area contributed by atoms with Crippen molar-refractivity contribution in [2.45, 2.75) is 0 Å². The molecule has 2 aromatic carbocycles. The smallest absolute Gasteiger partial charge is 0.262 e. The molecule has 0 radical (unpaired) electrons. The van der Waals surface area contributed by atoms with E-state index in [9.17, 15) is 9.18 Å². The molecule has 9 nitrogen and oxygen atoms in total. The Bertz CT molecular complexity index is 1150. The van der Waals surface area contributed by atoms with Crippen molar-refractivity contribution in [3.63, 3.8) is 0 Å². The number of amides is 1. The number of carbonyl (C=O) groups is 1. The quantitative estimate of drug-likeness (QED) is 0.485. The molecule has 0 aliphatic carbocycles. The third-order valence-electron chi connectivity index (χ3n) is 5.20. The molecule has 1 amide bonds. The van der Waals surface area contributed by atoms with E-state index in [2.05, 4.69) is 42.2 Å². The number of piperazine rings is 1. The number of hydrogen-bond acceptors (Lipinski definition) is 8. The molecule has 164 valence electrons. The van der Waals surface area contributed by atoms with Gasteiger partial charge < -0.3 is 30.9 Å². The van der Waals surface area contributed by atoms with Crippen molar-refractivity contribution >= 4 is 40.4 Å². The first-order valence-electron chi connectivity index (χ1n) is 10.3. The Hall–Kier alpha value is -3.92. The van der Waals surface area contributed by atoms with Crippen molar-refractivity contribution in [2.75, 3.05) is 53.6 Å². The lowest BCUT2D eigenvalue weighted by molar-refractivity contribution is -0.118. The maximum Gasteiger partial charge on any atom is 0.262 e. The van der Waals surface area contributed by atoms with Gasteiger partial charge >= 0.3 is 0 Å². The first-order valence-corrected chi connectivity index (χ1v) is 10.3. The van der Waals surface area contributed by atoms with E-state index in [4.69, 9.17) is 4.74 Å². The summed E-state index contributed by atoms with van der Waals surface area (Å²) in [5, 5.41) is 12.2. The van der Waals surface area contributed by atoms with Crippen molar-refractivity contribution in [3.8, 4) is 5.75 Å². The van der Waals surface area contributed by atoms with Crippen LogP contribution in [0.4, 0.5) is 38.9 Å². The molecule has 0 spiro atoms. The molecule has 0 unspecified atom stereocenters. The topological polar surface area (TPSA) is 103 Å². The molecule has 3 aromatic rings. The number of hydrogen-bond donors (Lipinski definition) is 4. The fourth-order valence-electron chi connectivity index (χ4n) is 3.65. The standard InChI is InChI=1S/C22H22FN7O2/c23-17-12-25-22(27-14-2-1-3-16(10-14)30-8-6-24-7-9-30)29-21(17)26-15-4-5-19-18(11-15)28-20(31)13-32-19/h1-5,10-12,24H,6-9,13H2,(H,28,31)(H2,25,26,27,29). The third kappa shape index (κ3) is 4.40. The lowest BCUT2D eigenvalue weighted by atomic mass is 10.2.